The molecule has 19 heavy (non-hydrogen) atoms. The molecule has 0 atom stereocenters. The Kier molecular flexibility index (Phi) is 5.40. The predicted octanol–water partition coefficient (Wildman–Crippen LogP) is 2.16. The number of morpholine rings is 1. The largest absolute Gasteiger partial charge is 0.388 e. The number of hydrogen-bond acceptors (Lipinski definition) is 4. The molecule has 0 amide bonds. The molecule has 2 aliphatic rings. The Bertz CT molecular complexity index is 326. The Morgan fingerprint density at radius 3 is 2.37 bits per heavy atom. The monoisotopic (exact) mass is 265 g/mol. The summed E-state index contributed by atoms with van der Waals surface area (Å²) in [6.45, 7) is 7.85. The first kappa shape index (κ1) is 14.5. The normalized spacial score (nSPS) is 30.1. The molecule has 0 spiro atoms. The Morgan fingerprint density at radius 2 is 1.79 bits per heavy atom. The Morgan fingerprint density at radius 1 is 1.16 bits per heavy atom. The van der Waals surface area contributed by atoms with Crippen molar-refractivity contribution in [2.45, 2.75) is 51.6 Å². The van der Waals surface area contributed by atoms with Gasteiger partial charge in [-0.25, -0.2) is 0 Å². The molecule has 0 aromatic carbocycles. The van der Waals surface area contributed by atoms with Crippen LogP contribution in [0, 0.1) is 5.41 Å². The van der Waals surface area contributed by atoms with Crippen molar-refractivity contribution in [3.05, 3.63) is 11.8 Å². The molecule has 0 aromatic heterocycles. The standard InChI is InChI=1S/C15H27N3O/c1-12(13(2)16)11-17-14-3-5-15(6-4-14)18-7-9-19-10-8-18/h11,14-17H,3-10H2,1-2H3/b12-11-,16-13?/t14-,15-. The second-order valence-electron chi connectivity index (χ2n) is 5.77. The van der Waals surface area contributed by atoms with E-state index in [0.29, 0.717) is 11.8 Å². The average molecular weight is 265 g/mol. The Balaban J connectivity index is 1.73. The number of ether oxygens (including phenoxy) is 1. The van der Waals surface area contributed by atoms with Crippen molar-refractivity contribution < 1.29 is 4.74 Å². The van der Waals surface area contributed by atoms with E-state index in [4.69, 9.17) is 10.1 Å². The Labute approximate surface area is 116 Å². The summed E-state index contributed by atoms with van der Waals surface area (Å²) in [6.07, 6.45) is 7.07. The second kappa shape index (κ2) is 7.06. The molecule has 4 heteroatoms. The number of rotatable bonds is 4. The smallest absolute Gasteiger partial charge is 0.0594 e. The highest BCUT2D eigenvalue weighted by atomic mass is 16.5. The molecular weight excluding hydrogens is 238 g/mol. The molecule has 2 N–H and O–H groups in total. The highest BCUT2D eigenvalue weighted by molar-refractivity contribution is 5.94. The summed E-state index contributed by atoms with van der Waals surface area (Å²) in [7, 11) is 0. The van der Waals surface area contributed by atoms with Crippen molar-refractivity contribution >= 4 is 5.71 Å². The third kappa shape index (κ3) is 4.32. The van der Waals surface area contributed by atoms with E-state index >= 15 is 0 Å². The fraction of sp³-hybridized carbons (Fsp3) is 0.800. The van der Waals surface area contributed by atoms with Crippen LogP contribution >= 0.6 is 0 Å². The summed E-state index contributed by atoms with van der Waals surface area (Å²) >= 11 is 0. The van der Waals surface area contributed by atoms with Crippen molar-refractivity contribution in [1.82, 2.24) is 10.2 Å². The SMILES string of the molecule is CC(=N)/C(C)=C\N[C@H]1CC[C@H](N2CCOCC2)CC1. The third-order valence-electron chi connectivity index (χ3n) is 4.39. The Hall–Kier alpha value is -0.870. The zero-order valence-electron chi connectivity index (χ0n) is 12.2. The number of hydrogen-bond donors (Lipinski definition) is 2. The van der Waals surface area contributed by atoms with Gasteiger partial charge in [0.15, 0.2) is 0 Å². The first-order valence-electron chi connectivity index (χ1n) is 7.47. The molecule has 0 bridgehead atoms. The van der Waals surface area contributed by atoms with Gasteiger partial charge in [-0.15, -0.1) is 0 Å². The number of nitrogens with zero attached hydrogens (tertiary/aromatic N) is 1. The van der Waals surface area contributed by atoms with Crippen LogP contribution in [0.4, 0.5) is 0 Å². The van der Waals surface area contributed by atoms with Gasteiger partial charge < -0.3 is 15.5 Å². The topological polar surface area (TPSA) is 48.4 Å². The van der Waals surface area contributed by atoms with Crippen LogP contribution in [0.1, 0.15) is 39.5 Å². The zero-order chi connectivity index (χ0) is 13.7. The van der Waals surface area contributed by atoms with Crippen LogP contribution in [0.5, 0.6) is 0 Å². The van der Waals surface area contributed by atoms with E-state index in [1.807, 2.05) is 20.0 Å². The van der Waals surface area contributed by atoms with Crippen LogP contribution < -0.4 is 5.32 Å². The van der Waals surface area contributed by atoms with E-state index < -0.39 is 0 Å². The average Bonchev–Trinajstić information content (AvgIpc) is 2.46. The highest BCUT2D eigenvalue weighted by Gasteiger charge is 2.26. The molecule has 1 aliphatic heterocycles. The summed E-state index contributed by atoms with van der Waals surface area (Å²) in [4.78, 5) is 2.60. The van der Waals surface area contributed by atoms with Crippen molar-refractivity contribution in [2.24, 2.45) is 0 Å². The molecule has 1 saturated carbocycles. The van der Waals surface area contributed by atoms with Gasteiger partial charge in [-0.3, -0.25) is 4.90 Å². The fourth-order valence-electron chi connectivity index (χ4n) is 2.90. The first-order valence-corrected chi connectivity index (χ1v) is 7.47. The molecule has 2 fully saturated rings. The molecule has 0 unspecified atom stereocenters. The molecular formula is C15H27N3O. The lowest BCUT2D eigenvalue weighted by Crippen LogP contribution is -2.46. The molecule has 1 heterocycles. The molecule has 1 saturated heterocycles. The van der Waals surface area contributed by atoms with E-state index in [-0.39, 0.29) is 0 Å². The van der Waals surface area contributed by atoms with Gasteiger partial charge in [0, 0.05) is 37.1 Å². The van der Waals surface area contributed by atoms with Gasteiger partial charge in [0.05, 0.1) is 13.2 Å². The summed E-state index contributed by atoms with van der Waals surface area (Å²) in [5, 5.41) is 11.0. The van der Waals surface area contributed by atoms with Gasteiger partial charge in [-0.2, -0.15) is 0 Å². The molecule has 0 radical (unpaired) electrons. The van der Waals surface area contributed by atoms with Gasteiger partial charge in [0.1, 0.15) is 0 Å². The van der Waals surface area contributed by atoms with Crippen molar-refractivity contribution in [3.63, 3.8) is 0 Å². The van der Waals surface area contributed by atoms with E-state index in [0.717, 1.165) is 37.9 Å². The molecule has 4 nitrogen and oxygen atoms in total. The molecule has 108 valence electrons. The first-order chi connectivity index (χ1) is 9.16. The van der Waals surface area contributed by atoms with E-state index in [2.05, 4.69) is 10.2 Å². The quantitative estimate of drug-likeness (QED) is 0.766. The third-order valence-corrected chi connectivity index (χ3v) is 4.39. The molecule has 1 aliphatic carbocycles. The summed E-state index contributed by atoms with van der Waals surface area (Å²) in [5.74, 6) is 0. The maximum atomic E-state index is 7.56. The highest BCUT2D eigenvalue weighted by Crippen LogP contribution is 2.24. The lowest BCUT2D eigenvalue weighted by molar-refractivity contribution is 0.00690. The van der Waals surface area contributed by atoms with Crippen LogP contribution in [0.25, 0.3) is 0 Å². The molecule has 2 rings (SSSR count). The molecule has 0 aromatic rings. The fourth-order valence-corrected chi connectivity index (χ4v) is 2.90. The van der Waals surface area contributed by atoms with E-state index in [1.165, 1.54) is 25.7 Å². The van der Waals surface area contributed by atoms with Crippen molar-refractivity contribution in [3.8, 4) is 0 Å². The zero-order valence-corrected chi connectivity index (χ0v) is 12.2. The van der Waals surface area contributed by atoms with Crippen LogP contribution in [0.2, 0.25) is 0 Å². The second-order valence-corrected chi connectivity index (χ2v) is 5.77. The lowest BCUT2D eigenvalue weighted by Gasteiger charge is -2.38. The van der Waals surface area contributed by atoms with Crippen LogP contribution in [0.3, 0.4) is 0 Å². The number of allylic oxidation sites excluding steroid dienone is 1. The van der Waals surface area contributed by atoms with Gasteiger partial charge in [0.2, 0.25) is 0 Å². The predicted molar refractivity (Wildman–Crippen MR) is 78.7 cm³/mol. The minimum absolute atomic E-state index is 0.589. The number of nitrogens with one attached hydrogen (secondary N) is 2. The van der Waals surface area contributed by atoms with Gasteiger partial charge in [0.25, 0.3) is 0 Å². The van der Waals surface area contributed by atoms with Crippen molar-refractivity contribution in [2.75, 3.05) is 26.3 Å². The van der Waals surface area contributed by atoms with Crippen LogP contribution in [-0.4, -0.2) is 49.0 Å². The summed E-state index contributed by atoms with van der Waals surface area (Å²) < 4.78 is 5.42. The maximum Gasteiger partial charge on any atom is 0.0594 e. The van der Waals surface area contributed by atoms with Crippen LogP contribution in [0.15, 0.2) is 11.8 Å². The van der Waals surface area contributed by atoms with E-state index in [9.17, 15) is 0 Å². The van der Waals surface area contributed by atoms with E-state index in [1.54, 1.807) is 0 Å². The van der Waals surface area contributed by atoms with Crippen LogP contribution in [-0.2, 0) is 4.74 Å². The summed E-state index contributed by atoms with van der Waals surface area (Å²) in [5.41, 5.74) is 1.69. The lowest BCUT2D eigenvalue weighted by atomic mass is 9.90. The summed E-state index contributed by atoms with van der Waals surface area (Å²) in [6, 6.07) is 1.35. The van der Waals surface area contributed by atoms with Crippen molar-refractivity contribution in [1.29, 1.82) is 5.41 Å². The van der Waals surface area contributed by atoms with Gasteiger partial charge in [-0.1, -0.05) is 0 Å². The minimum atomic E-state index is 0.589. The maximum absolute atomic E-state index is 7.56. The van der Waals surface area contributed by atoms with Gasteiger partial charge in [-0.05, 0) is 45.1 Å². The minimum Gasteiger partial charge on any atom is -0.388 e. The van der Waals surface area contributed by atoms with Gasteiger partial charge >= 0.3 is 0 Å².